The Hall–Kier alpha value is -5.29. The first-order chi connectivity index (χ1) is 30.7. The first-order valence-corrected chi connectivity index (χ1v) is 22.8. The van der Waals surface area contributed by atoms with E-state index in [-0.39, 0.29) is 74.8 Å². The Morgan fingerprint density at radius 3 is 2.35 bits per heavy atom. The van der Waals surface area contributed by atoms with Crippen molar-refractivity contribution in [2.75, 3.05) is 19.8 Å². The summed E-state index contributed by atoms with van der Waals surface area (Å²) in [5.41, 5.74) is 6.76. The number of allylic oxidation sites excluding steroid dienone is 1. The number of aryl methyl sites for hydroxylation is 2. The average Bonchev–Trinajstić information content (AvgIpc) is 4.15. The Morgan fingerprint density at radius 2 is 1.63 bits per heavy atom. The zero-order valence-corrected chi connectivity index (χ0v) is 36.6. The fraction of sp³-hybridized carbons (Fsp3) is 0.434. The number of hydrogen-bond donors (Lipinski definition) is 2. The molecule has 0 saturated heterocycles. The lowest BCUT2D eigenvalue weighted by Gasteiger charge is -2.60. The van der Waals surface area contributed by atoms with Crippen LogP contribution in [0.2, 0.25) is 0 Å². The molecule has 0 aromatic heterocycles. The van der Waals surface area contributed by atoms with Crippen LogP contribution in [0.1, 0.15) is 91.5 Å². The van der Waals surface area contributed by atoms with Crippen LogP contribution in [0, 0.1) is 43.3 Å². The molecule has 6 unspecified atom stereocenters. The first-order valence-electron chi connectivity index (χ1n) is 22.8. The van der Waals surface area contributed by atoms with Gasteiger partial charge in [0.15, 0.2) is 0 Å². The van der Waals surface area contributed by atoms with E-state index in [1.807, 2.05) is 59.5 Å². The highest BCUT2D eigenvalue weighted by molar-refractivity contribution is 6.03. The third-order valence-corrected chi connectivity index (χ3v) is 13.5. The van der Waals surface area contributed by atoms with Gasteiger partial charge in [0.05, 0.1) is 18.2 Å². The van der Waals surface area contributed by atoms with Gasteiger partial charge in [-0.15, -0.1) is 6.58 Å². The highest BCUT2D eigenvalue weighted by Gasteiger charge is 2.66. The number of fused-ring (bicyclic) bond motifs is 2. The maximum atomic E-state index is 14.8. The van der Waals surface area contributed by atoms with Gasteiger partial charge in [-0.1, -0.05) is 78.7 Å². The summed E-state index contributed by atoms with van der Waals surface area (Å²) in [6, 6.07) is 27.7. The second-order valence-corrected chi connectivity index (χ2v) is 17.7. The van der Waals surface area contributed by atoms with Gasteiger partial charge in [-0.3, -0.25) is 4.79 Å². The Morgan fingerprint density at radius 1 is 0.905 bits per heavy atom. The molecule has 63 heavy (non-hydrogen) atoms. The van der Waals surface area contributed by atoms with E-state index in [1.54, 1.807) is 18.2 Å². The number of nitrogens with zero attached hydrogens (tertiary/aromatic N) is 2. The number of aliphatic hydroxyl groups is 2. The van der Waals surface area contributed by atoms with Crippen molar-refractivity contribution in [3.8, 4) is 17.2 Å². The summed E-state index contributed by atoms with van der Waals surface area (Å²) >= 11 is 0. The zero-order valence-electron chi connectivity index (χ0n) is 36.6. The lowest BCUT2D eigenvalue weighted by molar-refractivity contribution is -0.258. The van der Waals surface area contributed by atoms with Crippen LogP contribution in [0.25, 0.3) is 0 Å². The molecule has 9 nitrogen and oxygen atoms in total. The van der Waals surface area contributed by atoms with Crippen molar-refractivity contribution in [2.45, 2.75) is 103 Å². The molecule has 8 rings (SSSR count). The fourth-order valence-electron chi connectivity index (χ4n) is 10.1. The van der Waals surface area contributed by atoms with Gasteiger partial charge in [0, 0.05) is 43.6 Å². The van der Waals surface area contributed by atoms with Crippen molar-refractivity contribution in [1.82, 2.24) is 4.90 Å². The van der Waals surface area contributed by atoms with Crippen molar-refractivity contribution in [3.63, 3.8) is 0 Å². The number of halogens is 1. The lowest BCUT2D eigenvalue weighted by atomic mass is 9.55. The summed E-state index contributed by atoms with van der Waals surface area (Å²) in [6.45, 7) is 9.06. The van der Waals surface area contributed by atoms with Gasteiger partial charge in [-0.05, 0) is 134 Å². The molecule has 0 bridgehead atoms. The second kappa shape index (κ2) is 20.0. The smallest absolute Gasteiger partial charge is 0.239 e. The van der Waals surface area contributed by atoms with Crippen LogP contribution in [0.3, 0.4) is 0 Å². The highest BCUT2D eigenvalue weighted by atomic mass is 19.1. The number of benzene rings is 4. The Kier molecular flexibility index (Phi) is 14.1. The van der Waals surface area contributed by atoms with Gasteiger partial charge in [0.1, 0.15) is 35.7 Å². The van der Waals surface area contributed by atoms with Gasteiger partial charge in [0.25, 0.3) is 0 Å². The molecule has 2 saturated carbocycles. The van der Waals surface area contributed by atoms with Crippen LogP contribution < -0.4 is 9.47 Å². The van der Waals surface area contributed by atoms with E-state index < -0.39 is 17.7 Å². The molecule has 332 valence electrons. The Bertz CT molecular complexity index is 2270. The molecule has 0 spiro atoms. The minimum Gasteiger partial charge on any atom is -0.459 e. The molecule has 4 aromatic carbocycles. The minimum absolute atomic E-state index is 0.00292. The molecule has 1 amide bonds. The predicted octanol–water partition coefficient (Wildman–Crippen LogP) is 10.5. The number of amides is 1. The number of oxime groups is 1. The van der Waals surface area contributed by atoms with Crippen LogP contribution in [0.4, 0.5) is 4.39 Å². The van der Waals surface area contributed by atoms with E-state index in [2.05, 4.69) is 38.6 Å². The number of unbranched alkanes of at least 4 members (excludes halogenated alkanes) is 2. The number of rotatable bonds is 20. The average molecular weight is 857 g/mol. The zero-order chi connectivity index (χ0) is 43.9. The normalized spacial score (nSPS) is 24.1. The maximum absolute atomic E-state index is 14.8. The first kappa shape index (κ1) is 44.3. The van der Waals surface area contributed by atoms with Gasteiger partial charge >= 0.3 is 0 Å². The molecular formula is C53H61FN2O7. The van der Waals surface area contributed by atoms with Gasteiger partial charge in [-0.2, -0.15) is 0 Å². The molecule has 0 radical (unpaired) electrons. The van der Waals surface area contributed by atoms with Crippen LogP contribution >= 0.6 is 0 Å². The fourth-order valence-corrected chi connectivity index (χ4v) is 10.1. The summed E-state index contributed by atoms with van der Waals surface area (Å²) in [5.74, 6) is -0.338. The summed E-state index contributed by atoms with van der Waals surface area (Å²) in [5, 5.41) is 25.0. The van der Waals surface area contributed by atoms with E-state index in [0.717, 1.165) is 77.8 Å². The summed E-state index contributed by atoms with van der Waals surface area (Å²) in [7, 11) is 0. The maximum Gasteiger partial charge on any atom is 0.239 e. The predicted molar refractivity (Wildman–Crippen MR) is 242 cm³/mol. The molecule has 3 aliphatic carbocycles. The Balaban J connectivity index is 1.33. The van der Waals surface area contributed by atoms with Gasteiger partial charge < -0.3 is 34.2 Å². The largest absolute Gasteiger partial charge is 0.459 e. The highest BCUT2D eigenvalue weighted by Crippen LogP contribution is 2.62. The summed E-state index contributed by atoms with van der Waals surface area (Å²) < 4.78 is 35.5. The molecule has 6 atom stereocenters. The van der Waals surface area contributed by atoms with Crippen molar-refractivity contribution >= 4 is 11.6 Å². The molecule has 2 N–H and O–H groups in total. The topological polar surface area (TPSA) is 110 Å². The number of hydrogen-bond acceptors (Lipinski definition) is 8. The van der Waals surface area contributed by atoms with Crippen LogP contribution in [-0.2, 0) is 27.5 Å². The lowest BCUT2D eigenvalue weighted by Crippen LogP contribution is -2.70. The minimum atomic E-state index is -1.40. The van der Waals surface area contributed by atoms with Crippen LogP contribution in [0.5, 0.6) is 17.2 Å². The molecule has 4 aromatic rings. The standard InChI is InChI=1S/C53H61FN2O7/c1-4-28-60-53-49(56(52(59)39-19-20-39)33-37-17-21-41(54)22-18-37)32-47(55-61-34-38-12-6-5-7-13-38)45-30-40(14-8-10-26-57)44(15-9-11-27-58)50(51(45)53)46-31-43(24-25-48(46)63-53)62-42-23-16-35(2)36(3)29-42/h4-7,12-13,16-18,21-25,29-31,39-40,44,49-51,57-58H,1,8-11,14-15,19-20,26-28,32-34H2,2-3H3. The second-order valence-electron chi connectivity index (χ2n) is 17.7. The molecule has 4 aliphatic rings. The van der Waals surface area contributed by atoms with E-state index in [1.165, 1.54) is 17.7 Å². The molecule has 10 heteroatoms. The molecule has 1 heterocycles. The SMILES string of the molecule is C=CCOC12Oc3ccc(Oc4ccc(C)c(C)c4)cc3C3C(CCCCO)C(CCCCO)C=C(C(=NOCc4ccccc4)CC1N(Cc1ccc(F)cc1)C(=O)C1CC1)C32. The number of ether oxygens (including phenoxy) is 3. The molecule has 1 aliphatic heterocycles. The Labute approximate surface area is 371 Å². The third-order valence-electron chi connectivity index (χ3n) is 13.5. The summed E-state index contributed by atoms with van der Waals surface area (Å²) in [6.07, 6.45) is 10.6. The van der Waals surface area contributed by atoms with E-state index in [4.69, 9.17) is 24.2 Å². The van der Waals surface area contributed by atoms with Gasteiger partial charge in [0.2, 0.25) is 11.7 Å². The number of carbonyl (C=O) groups excluding carboxylic acids is 1. The van der Waals surface area contributed by atoms with Crippen molar-refractivity contribution < 1.29 is 38.4 Å². The van der Waals surface area contributed by atoms with Crippen molar-refractivity contribution in [1.29, 1.82) is 0 Å². The number of aliphatic hydroxyl groups excluding tert-OH is 2. The van der Waals surface area contributed by atoms with Crippen molar-refractivity contribution in [2.24, 2.45) is 28.8 Å². The number of carbonyl (C=O) groups is 1. The van der Waals surface area contributed by atoms with Crippen LogP contribution in [0.15, 0.2) is 120 Å². The molecular weight excluding hydrogens is 796 g/mol. The summed E-state index contributed by atoms with van der Waals surface area (Å²) in [4.78, 5) is 23.0. The van der Waals surface area contributed by atoms with Crippen LogP contribution in [-0.4, -0.2) is 58.4 Å². The van der Waals surface area contributed by atoms with E-state index in [9.17, 15) is 19.4 Å². The third kappa shape index (κ3) is 9.78. The quantitative estimate of drug-likeness (QED) is 0.0517. The van der Waals surface area contributed by atoms with Crippen molar-refractivity contribution in [3.05, 3.63) is 149 Å². The monoisotopic (exact) mass is 856 g/mol. The van der Waals surface area contributed by atoms with E-state index in [0.29, 0.717) is 24.3 Å². The molecule has 2 fully saturated rings. The van der Waals surface area contributed by atoms with Gasteiger partial charge in [-0.25, -0.2) is 4.39 Å². The van der Waals surface area contributed by atoms with E-state index >= 15 is 0 Å².